The van der Waals surface area contributed by atoms with Gasteiger partial charge in [-0.1, -0.05) is 42.1 Å². The number of nitrogens with zero attached hydrogens (tertiary/aromatic N) is 2. The number of hydrogen-bond donors (Lipinski definition) is 1. The van der Waals surface area contributed by atoms with Gasteiger partial charge in [-0.2, -0.15) is 0 Å². The molecule has 1 aromatic heterocycles. The number of hydrogen-bond acceptors (Lipinski definition) is 4. The lowest BCUT2D eigenvalue weighted by Crippen LogP contribution is -2.13. The van der Waals surface area contributed by atoms with E-state index in [9.17, 15) is 4.79 Å². The van der Waals surface area contributed by atoms with E-state index in [-0.39, 0.29) is 5.91 Å². The molecule has 3 aromatic rings. The SMILES string of the molecule is O=C(Nc1ccccc1Sc1ccccc1)c1cnc(C2CC2)nc1. The fourth-order valence-corrected chi connectivity index (χ4v) is 3.40. The molecule has 0 bridgehead atoms. The maximum Gasteiger partial charge on any atom is 0.258 e. The third-order valence-corrected chi connectivity index (χ3v) is 5.07. The molecule has 1 amide bonds. The first-order valence-corrected chi connectivity index (χ1v) is 9.06. The van der Waals surface area contributed by atoms with E-state index in [2.05, 4.69) is 15.3 Å². The summed E-state index contributed by atoms with van der Waals surface area (Å²) in [5.74, 6) is 1.14. The first kappa shape index (κ1) is 15.8. The van der Waals surface area contributed by atoms with Crippen LogP contribution in [-0.4, -0.2) is 15.9 Å². The first-order valence-electron chi connectivity index (χ1n) is 8.25. The molecule has 5 heteroatoms. The molecule has 0 atom stereocenters. The summed E-state index contributed by atoms with van der Waals surface area (Å²) in [6.07, 6.45) is 5.52. The lowest BCUT2D eigenvalue weighted by atomic mass is 10.2. The minimum Gasteiger partial charge on any atom is -0.321 e. The average Bonchev–Trinajstić information content (AvgIpc) is 3.50. The van der Waals surface area contributed by atoms with Gasteiger partial charge < -0.3 is 5.32 Å². The van der Waals surface area contributed by atoms with Crippen LogP contribution in [0.15, 0.2) is 76.8 Å². The van der Waals surface area contributed by atoms with Gasteiger partial charge in [0.05, 0.1) is 11.3 Å². The molecule has 1 aliphatic carbocycles. The molecule has 1 aliphatic rings. The standard InChI is InChI=1S/C20H17N3OS/c24-20(15-12-21-19(22-13-15)14-10-11-14)23-17-8-4-5-9-18(17)25-16-6-2-1-3-7-16/h1-9,12-14H,10-11H2,(H,23,24). The highest BCUT2D eigenvalue weighted by molar-refractivity contribution is 7.99. The van der Waals surface area contributed by atoms with Gasteiger partial charge in [-0.25, -0.2) is 9.97 Å². The Morgan fingerprint density at radius 3 is 2.36 bits per heavy atom. The van der Waals surface area contributed by atoms with E-state index in [0.717, 1.165) is 34.1 Å². The van der Waals surface area contributed by atoms with Crippen LogP contribution in [0.1, 0.15) is 34.9 Å². The highest BCUT2D eigenvalue weighted by Crippen LogP contribution is 2.37. The van der Waals surface area contributed by atoms with Crippen molar-refractivity contribution in [1.82, 2.24) is 9.97 Å². The van der Waals surface area contributed by atoms with Crippen molar-refractivity contribution in [2.45, 2.75) is 28.6 Å². The van der Waals surface area contributed by atoms with Crippen LogP contribution in [0.2, 0.25) is 0 Å². The molecule has 0 aliphatic heterocycles. The largest absolute Gasteiger partial charge is 0.321 e. The Kier molecular flexibility index (Phi) is 4.48. The van der Waals surface area contributed by atoms with E-state index in [1.54, 1.807) is 24.2 Å². The second-order valence-electron chi connectivity index (χ2n) is 5.97. The fraction of sp³-hybridized carbons (Fsp3) is 0.150. The van der Waals surface area contributed by atoms with E-state index >= 15 is 0 Å². The number of benzene rings is 2. The average molecular weight is 347 g/mol. The van der Waals surface area contributed by atoms with Crippen molar-refractivity contribution >= 4 is 23.4 Å². The van der Waals surface area contributed by atoms with Crippen LogP contribution >= 0.6 is 11.8 Å². The number of carbonyl (C=O) groups excluding carboxylic acids is 1. The summed E-state index contributed by atoms with van der Waals surface area (Å²) >= 11 is 1.62. The van der Waals surface area contributed by atoms with Crippen LogP contribution in [-0.2, 0) is 0 Å². The molecule has 2 aromatic carbocycles. The van der Waals surface area contributed by atoms with Gasteiger partial charge >= 0.3 is 0 Å². The van der Waals surface area contributed by atoms with Crippen molar-refractivity contribution in [3.8, 4) is 0 Å². The minimum absolute atomic E-state index is 0.191. The Morgan fingerprint density at radius 1 is 0.960 bits per heavy atom. The molecule has 1 heterocycles. The van der Waals surface area contributed by atoms with Crippen molar-refractivity contribution in [1.29, 1.82) is 0 Å². The van der Waals surface area contributed by atoms with Crippen molar-refractivity contribution < 1.29 is 4.79 Å². The molecule has 124 valence electrons. The number of amides is 1. The van der Waals surface area contributed by atoms with Gasteiger partial charge in [-0.15, -0.1) is 0 Å². The molecule has 1 fully saturated rings. The summed E-state index contributed by atoms with van der Waals surface area (Å²) in [5, 5.41) is 2.97. The molecule has 4 rings (SSSR count). The number of rotatable bonds is 5. The zero-order valence-electron chi connectivity index (χ0n) is 13.6. The quantitative estimate of drug-likeness (QED) is 0.723. The monoisotopic (exact) mass is 347 g/mol. The fourth-order valence-electron chi connectivity index (χ4n) is 2.48. The predicted molar refractivity (Wildman–Crippen MR) is 99.0 cm³/mol. The zero-order chi connectivity index (χ0) is 17.1. The summed E-state index contributed by atoms with van der Waals surface area (Å²) in [7, 11) is 0. The van der Waals surface area contributed by atoms with Crippen LogP contribution in [0, 0.1) is 0 Å². The summed E-state index contributed by atoms with van der Waals surface area (Å²) < 4.78 is 0. The van der Waals surface area contributed by atoms with E-state index in [0.29, 0.717) is 11.5 Å². The van der Waals surface area contributed by atoms with Crippen LogP contribution in [0.25, 0.3) is 0 Å². The Labute approximate surface area is 150 Å². The summed E-state index contributed by atoms with van der Waals surface area (Å²) in [6, 6.07) is 17.9. The highest BCUT2D eigenvalue weighted by atomic mass is 32.2. The maximum atomic E-state index is 12.5. The van der Waals surface area contributed by atoms with Crippen molar-refractivity contribution in [2.75, 3.05) is 5.32 Å². The third-order valence-electron chi connectivity index (χ3n) is 3.98. The molecule has 0 radical (unpaired) electrons. The summed E-state index contributed by atoms with van der Waals surface area (Å²) in [6.45, 7) is 0. The third kappa shape index (κ3) is 3.88. The summed E-state index contributed by atoms with van der Waals surface area (Å²) in [5.41, 5.74) is 1.26. The van der Waals surface area contributed by atoms with Gasteiger partial charge in [0.15, 0.2) is 0 Å². The molecular weight excluding hydrogens is 330 g/mol. The Morgan fingerprint density at radius 2 is 1.64 bits per heavy atom. The lowest BCUT2D eigenvalue weighted by molar-refractivity contribution is 0.102. The highest BCUT2D eigenvalue weighted by Gasteiger charge is 2.26. The number of carbonyl (C=O) groups is 1. The second kappa shape index (κ2) is 7.07. The Hall–Kier alpha value is -2.66. The first-order chi connectivity index (χ1) is 12.3. The molecule has 0 saturated heterocycles. The maximum absolute atomic E-state index is 12.5. The molecule has 1 saturated carbocycles. The molecule has 4 nitrogen and oxygen atoms in total. The van der Waals surface area contributed by atoms with Gasteiger partial charge in [-0.3, -0.25) is 4.79 Å². The van der Waals surface area contributed by atoms with Gasteiger partial charge in [0.25, 0.3) is 5.91 Å². The lowest BCUT2D eigenvalue weighted by Gasteiger charge is -2.10. The number of para-hydroxylation sites is 1. The van der Waals surface area contributed by atoms with Gasteiger partial charge in [-0.05, 0) is 37.1 Å². The molecular formula is C20H17N3OS. The number of nitrogens with one attached hydrogen (secondary N) is 1. The topological polar surface area (TPSA) is 54.9 Å². The van der Waals surface area contributed by atoms with Crippen molar-refractivity contribution in [2.24, 2.45) is 0 Å². The van der Waals surface area contributed by atoms with Crippen molar-refractivity contribution in [3.05, 3.63) is 78.4 Å². The van der Waals surface area contributed by atoms with E-state index in [1.165, 1.54) is 0 Å². The normalized spacial score (nSPS) is 13.4. The predicted octanol–water partition coefficient (Wildman–Crippen LogP) is 4.76. The van der Waals surface area contributed by atoms with Crippen molar-refractivity contribution in [3.63, 3.8) is 0 Å². The van der Waals surface area contributed by atoms with Crippen LogP contribution in [0.4, 0.5) is 5.69 Å². The van der Waals surface area contributed by atoms with Gasteiger partial charge in [0.2, 0.25) is 0 Å². The zero-order valence-corrected chi connectivity index (χ0v) is 14.4. The van der Waals surface area contributed by atoms with Gasteiger partial charge in [0, 0.05) is 28.1 Å². The van der Waals surface area contributed by atoms with E-state index in [1.807, 2.05) is 54.6 Å². The van der Waals surface area contributed by atoms with E-state index < -0.39 is 0 Å². The van der Waals surface area contributed by atoms with E-state index in [4.69, 9.17) is 0 Å². The minimum atomic E-state index is -0.191. The number of anilines is 1. The Balaban J connectivity index is 1.50. The number of aromatic nitrogens is 2. The van der Waals surface area contributed by atoms with Crippen LogP contribution in [0.5, 0.6) is 0 Å². The molecule has 0 unspecified atom stereocenters. The molecule has 25 heavy (non-hydrogen) atoms. The van der Waals surface area contributed by atoms with Gasteiger partial charge in [0.1, 0.15) is 5.82 Å². The Bertz CT molecular complexity index is 877. The molecule has 0 spiro atoms. The van der Waals surface area contributed by atoms with Crippen LogP contribution in [0.3, 0.4) is 0 Å². The molecule has 1 N–H and O–H groups in total. The van der Waals surface area contributed by atoms with Crippen LogP contribution < -0.4 is 5.32 Å². The smallest absolute Gasteiger partial charge is 0.258 e. The second-order valence-corrected chi connectivity index (χ2v) is 7.08. The summed E-state index contributed by atoms with van der Waals surface area (Å²) in [4.78, 5) is 23.3.